The molecule has 0 aliphatic heterocycles. The molecule has 1 aromatic heterocycles. The van der Waals surface area contributed by atoms with Gasteiger partial charge in [-0.3, -0.25) is 4.68 Å². The lowest BCUT2D eigenvalue weighted by Crippen LogP contribution is -2.10. The predicted molar refractivity (Wildman–Crippen MR) is 56.5 cm³/mol. The Bertz CT molecular complexity index is 422. The van der Waals surface area contributed by atoms with Gasteiger partial charge in [-0.1, -0.05) is 15.9 Å². The highest BCUT2D eigenvalue weighted by molar-refractivity contribution is 9.10. The summed E-state index contributed by atoms with van der Waals surface area (Å²) in [5.41, 5.74) is 6.60. The van der Waals surface area contributed by atoms with Gasteiger partial charge in [0, 0.05) is 16.4 Å². The van der Waals surface area contributed by atoms with Crippen molar-refractivity contribution in [1.29, 1.82) is 0 Å². The minimum Gasteiger partial charge on any atom is -0.329 e. The second-order valence-corrected chi connectivity index (χ2v) is 3.78. The first kappa shape index (κ1) is 8.72. The summed E-state index contributed by atoms with van der Waals surface area (Å²) < 4.78 is 2.99. The van der Waals surface area contributed by atoms with Gasteiger partial charge in [0.1, 0.15) is 0 Å². The van der Waals surface area contributed by atoms with Gasteiger partial charge < -0.3 is 5.73 Å². The van der Waals surface area contributed by atoms with E-state index in [0.717, 1.165) is 21.9 Å². The summed E-state index contributed by atoms with van der Waals surface area (Å²) in [5.74, 6) is 0. The Hall–Kier alpha value is -0.870. The molecule has 4 heteroatoms. The largest absolute Gasteiger partial charge is 0.329 e. The van der Waals surface area contributed by atoms with Crippen molar-refractivity contribution in [2.45, 2.75) is 6.54 Å². The molecule has 68 valence electrons. The van der Waals surface area contributed by atoms with Crippen molar-refractivity contribution in [3.63, 3.8) is 0 Å². The molecule has 0 amide bonds. The molecule has 0 aliphatic rings. The maximum Gasteiger partial charge on any atom is 0.0683 e. The number of hydrogen-bond donors (Lipinski definition) is 1. The van der Waals surface area contributed by atoms with Gasteiger partial charge in [-0.15, -0.1) is 0 Å². The SMILES string of the molecule is NCCn1ncc2cc(Br)ccc21. The molecular weight excluding hydrogens is 230 g/mol. The molecule has 13 heavy (non-hydrogen) atoms. The third kappa shape index (κ3) is 1.59. The number of benzene rings is 1. The van der Waals surface area contributed by atoms with Crippen LogP contribution in [-0.4, -0.2) is 16.3 Å². The molecule has 1 aromatic carbocycles. The molecule has 2 aromatic rings. The lowest BCUT2D eigenvalue weighted by atomic mass is 10.2. The maximum atomic E-state index is 5.47. The van der Waals surface area contributed by atoms with Crippen LogP contribution in [0.2, 0.25) is 0 Å². The second-order valence-electron chi connectivity index (χ2n) is 2.86. The van der Waals surface area contributed by atoms with E-state index in [1.54, 1.807) is 0 Å². The average molecular weight is 240 g/mol. The fourth-order valence-corrected chi connectivity index (χ4v) is 1.74. The number of halogens is 1. The Morgan fingerprint density at radius 1 is 1.46 bits per heavy atom. The standard InChI is InChI=1S/C9H10BrN3/c10-8-1-2-9-7(5-8)6-12-13(9)4-3-11/h1-2,5-6H,3-4,11H2. The average Bonchev–Trinajstić information content (AvgIpc) is 2.49. The van der Waals surface area contributed by atoms with Crippen LogP contribution in [-0.2, 0) is 6.54 Å². The van der Waals surface area contributed by atoms with Gasteiger partial charge in [-0.05, 0) is 18.2 Å². The fraction of sp³-hybridized carbons (Fsp3) is 0.222. The Labute approximate surface area is 84.7 Å². The third-order valence-corrected chi connectivity index (χ3v) is 2.44. The van der Waals surface area contributed by atoms with E-state index in [4.69, 9.17) is 5.73 Å². The van der Waals surface area contributed by atoms with Crippen LogP contribution in [0.3, 0.4) is 0 Å². The highest BCUT2D eigenvalue weighted by Gasteiger charge is 2.00. The summed E-state index contributed by atoms with van der Waals surface area (Å²) in [6.07, 6.45) is 1.86. The molecule has 0 aliphatic carbocycles. The van der Waals surface area contributed by atoms with Gasteiger partial charge in [0.15, 0.2) is 0 Å². The first-order valence-corrected chi connectivity index (χ1v) is 4.91. The van der Waals surface area contributed by atoms with Crippen LogP contribution < -0.4 is 5.73 Å². The second kappa shape index (κ2) is 3.47. The molecule has 0 spiro atoms. The van der Waals surface area contributed by atoms with Crippen molar-refractivity contribution < 1.29 is 0 Å². The highest BCUT2D eigenvalue weighted by Crippen LogP contribution is 2.18. The van der Waals surface area contributed by atoms with Crippen molar-refractivity contribution in [3.8, 4) is 0 Å². The van der Waals surface area contributed by atoms with Crippen LogP contribution in [0.1, 0.15) is 0 Å². The number of hydrogen-bond acceptors (Lipinski definition) is 2. The zero-order valence-electron chi connectivity index (χ0n) is 7.07. The van der Waals surface area contributed by atoms with Crippen LogP contribution >= 0.6 is 15.9 Å². The summed E-state index contributed by atoms with van der Waals surface area (Å²) in [7, 11) is 0. The van der Waals surface area contributed by atoms with Crippen molar-refractivity contribution >= 4 is 26.8 Å². The first-order chi connectivity index (χ1) is 6.31. The smallest absolute Gasteiger partial charge is 0.0683 e. The van der Waals surface area contributed by atoms with E-state index >= 15 is 0 Å². The number of fused-ring (bicyclic) bond motifs is 1. The van der Waals surface area contributed by atoms with Crippen LogP contribution in [0.4, 0.5) is 0 Å². The van der Waals surface area contributed by atoms with E-state index in [1.807, 2.05) is 23.0 Å². The van der Waals surface area contributed by atoms with Gasteiger partial charge in [0.2, 0.25) is 0 Å². The first-order valence-electron chi connectivity index (χ1n) is 4.12. The third-order valence-electron chi connectivity index (χ3n) is 1.94. The zero-order chi connectivity index (χ0) is 9.26. The normalized spacial score (nSPS) is 10.9. The summed E-state index contributed by atoms with van der Waals surface area (Å²) in [4.78, 5) is 0. The Morgan fingerprint density at radius 3 is 3.08 bits per heavy atom. The molecule has 3 nitrogen and oxygen atoms in total. The molecule has 0 saturated heterocycles. The van der Waals surface area contributed by atoms with Crippen LogP contribution in [0.5, 0.6) is 0 Å². The highest BCUT2D eigenvalue weighted by atomic mass is 79.9. The zero-order valence-corrected chi connectivity index (χ0v) is 8.66. The monoisotopic (exact) mass is 239 g/mol. The summed E-state index contributed by atoms with van der Waals surface area (Å²) in [5, 5.41) is 5.38. The van der Waals surface area contributed by atoms with Gasteiger partial charge in [-0.2, -0.15) is 5.10 Å². The Balaban J connectivity index is 2.55. The van der Waals surface area contributed by atoms with Crippen molar-refractivity contribution in [2.24, 2.45) is 5.73 Å². The molecule has 0 radical (unpaired) electrons. The number of nitrogens with two attached hydrogens (primary N) is 1. The molecule has 0 fully saturated rings. The van der Waals surface area contributed by atoms with Gasteiger partial charge in [0.25, 0.3) is 0 Å². The predicted octanol–water partition coefficient (Wildman–Crippen LogP) is 1.76. The topological polar surface area (TPSA) is 43.8 Å². The molecule has 1 heterocycles. The van der Waals surface area contributed by atoms with E-state index in [0.29, 0.717) is 6.54 Å². The minimum atomic E-state index is 0.618. The van der Waals surface area contributed by atoms with E-state index in [2.05, 4.69) is 27.1 Å². The van der Waals surface area contributed by atoms with Gasteiger partial charge in [-0.25, -0.2) is 0 Å². The quantitative estimate of drug-likeness (QED) is 0.869. The van der Waals surface area contributed by atoms with E-state index < -0.39 is 0 Å². The Kier molecular flexibility index (Phi) is 2.33. The summed E-state index contributed by atoms with van der Waals surface area (Å²) >= 11 is 3.42. The molecule has 0 atom stereocenters. The van der Waals surface area contributed by atoms with Crippen LogP contribution in [0.25, 0.3) is 10.9 Å². The molecule has 2 rings (SSSR count). The van der Waals surface area contributed by atoms with Gasteiger partial charge >= 0.3 is 0 Å². The van der Waals surface area contributed by atoms with Crippen LogP contribution in [0, 0.1) is 0 Å². The summed E-state index contributed by atoms with van der Waals surface area (Å²) in [6.45, 7) is 1.39. The van der Waals surface area contributed by atoms with Crippen LogP contribution in [0.15, 0.2) is 28.9 Å². The summed E-state index contributed by atoms with van der Waals surface area (Å²) in [6, 6.07) is 6.11. The Morgan fingerprint density at radius 2 is 2.31 bits per heavy atom. The minimum absolute atomic E-state index is 0.618. The molecule has 0 unspecified atom stereocenters. The molecule has 0 bridgehead atoms. The molecular formula is C9H10BrN3. The van der Waals surface area contributed by atoms with Crippen molar-refractivity contribution in [3.05, 3.63) is 28.9 Å². The molecule has 2 N–H and O–H groups in total. The van der Waals surface area contributed by atoms with E-state index in [9.17, 15) is 0 Å². The fourth-order valence-electron chi connectivity index (χ4n) is 1.36. The van der Waals surface area contributed by atoms with E-state index in [-0.39, 0.29) is 0 Å². The lowest BCUT2D eigenvalue weighted by molar-refractivity contribution is 0.646. The van der Waals surface area contributed by atoms with Crippen molar-refractivity contribution in [2.75, 3.05) is 6.54 Å². The van der Waals surface area contributed by atoms with Crippen molar-refractivity contribution in [1.82, 2.24) is 9.78 Å². The number of aromatic nitrogens is 2. The van der Waals surface area contributed by atoms with Gasteiger partial charge in [0.05, 0.1) is 18.3 Å². The maximum absolute atomic E-state index is 5.47. The number of rotatable bonds is 2. The lowest BCUT2D eigenvalue weighted by Gasteiger charge is -1.99. The number of nitrogens with zero attached hydrogens (tertiary/aromatic N) is 2. The van der Waals surface area contributed by atoms with E-state index in [1.165, 1.54) is 0 Å². The molecule has 0 saturated carbocycles.